The van der Waals surface area contributed by atoms with E-state index in [1.807, 2.05) is 13.8 Å². The quantitative estimate of drug-likeness (QED) is 0.767. The summed E-state index contributed by atoms with van der Waals surface area (Å²) in [6.07, 6.45) is 1.35. The molecule has 0 aliphatic rings. The van der Waals surface area contributed by atoms with Gasteiger partial charge in [-0.25, -0.2) is 0 Å². The highest BCUT2D eigenvalue weighted by Crippen LogP contribution is 2.16. The first-order valence-electron chi connectivity index (χ1n) is 4.78. The first-order valence-corrected chi connectivity index (χ1v) is 4.78. The molecule has 80 valence electrons. The van der Waals surface area contributed by atoms with E-state index in [9.17, 15) is 0 Å². The molecular formula is C9H17N3O2. The number of nitrogens with zero attached hydrogens (tertiary/aromatic N) is 2. The molecule has 2 N–H and O–H groups in total. The fourth-order valence-electron chi connectivity index (χ4n) is 1.21. The van der Waals surface area contributed by atoms with Crippen molar-refractivity contribution in [1.29, 1.82) is 0 Å². The topological polar surface area (TPSA) is 74.2 Å². The summed E-state index contributed by atoms with van der Waals surface area (Å²) in [5, 5.41) is 3.84. The number of aromatic nitrogens is 2. The van der Waals surface area contributed by atoms with Crippen molar-refractivity contribution in [2.24, 2.45) is 5.73 Å². The van der Waals surface area contributed by atoms with Crippen LogP contribution in [-0.4, -0.2) is 23.3 Å². The van der Waals surface area contributed by atoms with E-state index in [0.717, 1.165) is 6.42 Å². The maximum atomic E-state index is 5.62. The number of hydrogen-bond donors (Lipinski definition) is 1. The zero-order valence-electron chi connectivity index (χ0n) is 8.86. The molecule has 0 aromatic carbocycles. The third-order valence-corrected chi connectivity index (χ3v) is 1.92. The van der Waals surface area contributed by atoms with E-state index < -0.39 is 0 Å². The Bertz CT molecular complexity index is 269. The second-order valence-electron chi connectivity index (χ2n) is 3.36. The maximum absolute atomic E-state index is 5.62. The maximum Gasteiger partial charge on any atom is 0.228 e. The summed E-state index contributed by atoms with van der Waals surface area (Å²) < 4.78 is 10.2. The van der Waals surface area contributed by atoms with Crippen LogP contribution in [0.5, 0.6) is 0 Å². The SMILES string of the molecule is CCC(OC)c1noc(CC(C)N)n1. The molecule has 1 heterocycles. The molecule has 1 aromatic rings. The van der Waals surface area contributed by atoms with Crippen LogP contribution in [0.1, 0.15) is 38.1 Å². The average molecular weight is 199 g/mol. The van der Waals surface area contributed by atoms with Gasteiger partial charge < -0.3 is 15.0 Å². The van der Waals surface area contributed by atoms with E-state index >= 15 is 0 Å². The zero-order chi connectivity index (χ0) is 10.6. The fourth-order valence-corrected chi connectivity index (χ4v) is 1.21. The molecule has 0 amide bonds. The van der Waals surface area contributed by atoms with Crippen molar-refractivity contribution < 1.29 is 9.26 Å². The summed E-state index contributed by atoms with van der Waals surface area (Å²) in [6.45, 7) is 3.91. The van der Waals surface area contributed by atoms with E-state index in [4.69, 9.17) is 15.0 Å². The molecule has 1 rings (SSSR count). The number of methoxy groups -OCH3 is 1. The van der Waals surface area contributed by atoms with Crippen molar-refractivity contribution in [3.8, 4) is 0 Å². The molecule has 5 heteroatoms. The highest BCUT2D eigenvalue weighted by atomic mass is 16.5. The molecule has 0 radical (unpaired) electrons. The van der Waals surface area contributed by atoms with Crippen LogP contribution in [0.2, 0.25) is 0 Å². The Balaban J connectivity index is 2.66. The van der Waals surface area contributed by atoms with Gasteiger partial charge in [0.05, 0.1) is 0 Å². The Morgan fingerprint density at radius 1 is 1.57 bits per heavy atom. The molecule has 2 unspecified atom stereocenters. The number of hydrogen-bond acceptors (Lipinski definition) is 5. The molecule has 0 aliphatic heterocycles. The molecule has 0 fully saturated rings. The minimum Gasteiger partial charge on any atom is -0.373 e. The number of rotatable bonds is 5. The van der Waals surface area contributed by atoms with Gasteiger partial charge in [0.15, 0.2) is 0 Å². The highest BCUT2D eigenvalue weighted by molar-refractivity contribution is 4.92. The lowest BCUT2D eigenvalue weighted by Crippen LogP contribution is -2.18. The summed E-state index contributed by atoms with van der Waals surface area (Å²) in [4.78, 5) is 4.21. The predicted molar refractivity (Wildman–Crippen MR) is 51.7 cm³/mol. The fraction of sp³-hybridized carbons (Fsp3) is 0.778. The third-order valence-electron chi connectivity index (χ3n) is 1.92. The van der Waals surface area contributed by atoms with Crippen molar-refractivity contribution in [2.75, 3.05) is 7.11 Å². The van der Waals surface area contributed by atoms with Gasteiger partial charge in [0.1, 0.15) is 6.10 Å². The lowest BCUT2D eigenvalue weighted by Gasteiger charge is -2.06. The minimum absolute atomic E-state index is 0.0333. The van der Waals surface area contributed by atoms with Gasteiger partial charge >= 0.3 is 0 Å². The molecule has 0 saturated carbocycles. The lowest BCUT2D eigenvalue weighted by atomic mass is 10.2. The predicted octanol–water partition coefficient (Wildman–Crippen LogP) is 1.06. The third kappa shape index (κ3) is 2.78. The van der Waals surface area contributed by atoms with E-state index in [1.165, 1.54) is 0 Å². The van der Waals surface area contributed by atoms with Gasteiger partial charge in [0.2, 0.25) is 11.7 Å². The largest absolute Gasteiger partial charge is 0.373 e. The molecule has 0 bridgehead atoms. The van der Waals surface area contributed by atoms with E-state index in [0.29, 0.717) is 18.1 Å². The normalized spacial score (nSPS) is 15.4. The molecule has 5 nitrogen and oxygen atoms in total. The van der Waals surface area contributed by atoms with E-state index in [2.05, 4.69) is 10.1 Å². The standard InChI is InChI=1S/C9H17N3O2/c1-4-7(13-3)9-11-8(14-12-9)5-6(2)10/h6-7H,4-5,10H2,1-3H3. The van der Waals surface area contributed by atoms with Gasteiger partial charge in [-0.15, -0.1) is 0 Å². The summed E-state index contributed by atoms with van der Waals surface area (Å²) in [7, 11) is 1.63. The summed E-state index contributed by atoms with van der Waals surface area (Å²) in [5.74, 6) is 1.18. The van der Waals surface area contributed by atoms with Crippen LogP contribution >= 0.6 is 0 Å². The van der Waals surface area contributed by atoms with Crippen LogP contribution < -0.4 is 5.73 Å². The Hall–Kier alpha value is -0.940. The van der Waals surface area contributed by atoms with E-state index in [1.54, 1.807) is 7.11 Å². The van der Waals surface area contributed by atoms with Gasteiger partial charge in [-0.2, -0.15) is 4.98 Å². The molecule has 0 aliphatic carbocycles. The minimum atomic E-state index is -0.0828. The first-order chi connectivity index (χ1) is 6.67. The van der Waals surface area contributed by atoms with Crippen molar-refractivity contribution in [1.82, 2.24) is 10.1 Å². The number of ether oxygens (including phenoxy) is 1. The second-order valence-corrected chi connectivity index (χ2v) is 3.36. The first kappa shape index (κ1) is 11.1. The Morgan fingerprint density at radius 2 is 2.29 bits per heavy atom. The van der Waals surface area contributed by atoms with Crippen LogP contribution in [-0.2, 0) is 11.2 Å². The summed E-state index contributed by atoms with van der Waals surface area (Å²) >= 11 is 0. The highest BCUT2D eigenvalue weighted by Gasteiger charge is 2.16. The van der Waals surface area contributed by atoms with Gasteiger partial charge in [-0.3, -0.25) is 0 Å². The second kappa shape index (κ2) is 5.07. The van der Waals surface area contributed by atoms with Crippen LogP contribution in [0, 0.1) is 0 Å². The Kier molecular flexibility index (Phi) is 4.03. The van der Waals surface area contributed by atoms with E-state index in [-0.39, 0.29) is 12.1 Å². The van der Waals surface area contributed by atoms with Crippen LogP contribution in [0.25, 0.3) is 0 Å². The molecule has 0 spiro atoms. The molecule has 14 heavy (non-hydrogen) atoms. The van der Waals surface area contributed by atoms with Crippen LogP contribution in [0.15, 0.2) is 4.52 Å². The monoisotopic (exact) mass is 199 g/mol. The molecule has 0 saturated heterocycles. The Morgan fingerprint density at radius 3 is 2.79 bits per heavy atom. The van der Waals surface area contributed by atoms with Gasteiger partial charge in [0.25, 0.3) is 0 Å². The van der Waals surface area contributed by atoms with Crippen LogP contribution in [0.4, 0.5) is 0 Å². The smallest absolute Gasteiger partial charge is 0.228 e. The van der Waals surface area contributed by atoms with Gasteiger partial charge in [-0.05, 0) is 13.3 Å². The van der Waals surface area contributed by atoms with Gasteiger partial charge in [-0.1, -0.05) is 12.1 Å². The summed E-state index contributed by atoms with van der Waals surface area (Å²) in [5.41, 5.74) is 5.62. The van der Waals surface area contributed by atoms with Crippen molar-refractivity contribution in [3.63, 3.8) is 0 Å². The zero-order valence-corrected chi connectivity index (χ0v) is 8.86. The van der Waals surface area contributed by atoms with Crippen molar-refractivity contribution >= 4 is 0 Å². The molecular weight excluding hydrogens is 182 g/mol. The Labute approximate surface area is 83.6 Å². The van der Waals surface area contributed by atoms with Crippen molar-refractivity contribution in [2.45, 2.75) is 38.8 Å². The summed E-state index contributed by atoms with van der Waals surface area (Å²) in [6, 6.07) is 0.0333. The average Bonchev–Trinajstić information content (AvgIpc) is 2.54. The number of nitrogens with two attached hydrogens (primary N) is 1. The van der Waals surface area contributed by atoms with Crippen molar-refractivity contribution in [3.05, 3.63) is 11.7 Å². The van der Waals surface area contributed by atoms with Crippen LogP contribution in [0.3, 0.4) is 0 Å². The molecule has 2 atom stereocenters. The van der Waals surface area contributed by atoms with Gasteiger partial charge in [0, 0.05) is 19.6 Å². The lowest BCUT2D eigenvalue weighted by molar-refractivity contribution is 0.0903. The molecule has 1 aromatic heterocycles.